The molecule has 0 fully saturated rings. The number of methoxy groups -OCH3 is 1. The van der Waals surface area contributed by atoms with Gasteiger partial charge in [0.2, 0.25) is 0 Å². The van der Waals surface area contributed by atoms with E-state index in [1.165, 1.54) is 25.7 Å². The van der Waals surface area contributed by atoms with Crippen molar-refractivity contribution < 1.29 is 4.74 Å². The second-order valence-electron chi connectivity index (χ2n) is 3.87. The van der Waals surface area contributed by atoms with E-state index in [2.05, 4.69) is 26.1 Å². The van der Waals surface area contributed by atoms with Crippen LogP contribution >= 0.6 is 0 Å². The minimum Gasteiger partial charge on any atom is -0.380 e. The third-order valence-corrected chi connectivity index (χ3v) is 2.66. The van der Waals surface area contributed by atoms with Crippen LogP contribution in [0.1, 0.15) is 52.9 Å². The van der Waals surface area contributed by atoms with Crippen LogP contribution in [0.25, 0.3) is 0 Å². The van der Waals surface area contributed by atoms with Crippen molar-refractivity contribution in [3.05, 3.63) is 0 Å². The van der Waals surface area contributed by atoms with Gasteiger partial charge in [-0.05, 0) is 19.4 Å². The van der Waals surface area contributed by atoms with Crippen molar-refractivity contribution in [2.24, 2.45) is 0 Å². The van der Waals surface area contributed by atoms with E-state index in [1.54, 1.807) is 0 Å². The summed E-state index contributed by atoms with van der Waals surface area (Å²) in [5.74, 6) is 0. The Kier molecular flexibility index (Phi) is 9.42. The maximum atomic E-state index is 5.54. The zero-order valence-corrected chi connectivity index (χ0v) is 10.3. The average Bonchev–Trinajstić information content (AvgIpc) is 2.21. The van der Waals surface area contributed by atoms with E-state index in [4.69, 9.17) is 4.74 Å². The van der Waals surface area contributed by atoms with Gasteiger partial charge in [-0.15, -0.1) is 0 Å². The smallest absolute Gasteiger partial charge is 0.0724 e. The van der Waals surface area contributed by atoms with Gasteiger partial charge in [-0.3, -0.25) is 0 Å². The summed E-state index contributed by atoms with van der Waals surface area (Å²) in [6, 6.07) is 0.546. The molecule has 14 heavy (non-hydrogen) atoms. The van der Waals surface area contributed by atoms with Gasteiger partial charge in [0.05, 0.1) is 6.10 Å². The van der Waals surface area contributed by atoms with Crippen LogP contribution in [0.3, 0.4) is 0 Å². The van der Waals surface area contributed by atoms with E-state index < -0.39 is 0 Å². The van der Waals surface area contributed by atoms with Crippen LogP contribution in [0.4, 0.5) is 0 Å². The van der Waals surface area contributed by atoms with Crippen molar-refractivity contribution in [1.82, 2.24) is 5.32 Å². The molecule has 0 aromatic rings. The molecule has 1 N–H and O–H groups in total. The highest BCUT2D eigenvalue weighted by atomic mass is 16.5. The number of rotatable bonds is 9. The Hall–Kier alpha value is -0.0800. The van der Waals surface area contributed by atoms with Gasteiger partial charge in [0.1, 0.15) is 0 Å². The molecule has 0 bridgehead atoms. The predicted molar refractivity (Wildman–Crippen MR) is 62.7 cm³/mol. The summed E-state index contributed by atoms with van der Waals surface area (Å²) >= 11 is 0. The highest BCUT2D eigenvalue weighted by Gasteiger charge is 2.18. The van der Waals surface area contributed by atoms with E-state index in [0.717, 1.165) is 13.0 Å². The molecule has 86 valence electrons. The molecule has 0 spiro atoms. The van der Waals surface area contributed by atoms with Gasteiger partial charge in [-0.25, -0.2) is 0 Å². The SMILES string of the molecule is CCCCC(NCC)C(CCC)OC. The first kappa shape index (κ1) is 13.9. The molecule has 0 amide bonds. The summed E-state index contributed by atoms with van der Waals surface area (Å²) in [7, 11) is 1.83. The maximum absolute atomic E-state index is 5.54. The van der Waals surface area contributed by atoms with Crippen LogP contribution in [-0.4, -0.2) is 25.8 Å². The summed E-state index contributed by atoms with van der Waals surface area (Å²) in [6.45, 7) is 7.66. The molecule has 0 radical (unpaired) electrons. The Morgan fingerprint density at radius 1 is 1.07 bits per heavy atom. The lowest BCUT2D eigenvalue weighted by molar-refractivity contribution is 0.0579. The molecule has 2 heteroatoms. The first-order valence-corrected chi connectivity index (χ1v) is 6.06. The summed E-state index contributed by atoms with van der Waals surface area (Å²) in [4.78, 5) is 0. The lowest BCUT2D eigenvalue weighted by Crippen LogP contribution is -2.40. The Balaban J connectivity index is 3.97. The number of hydrogen-bond donors (Lipinski definition) is 1. The van der Waals surface area contributed by atoms with E-state index in [-0.39, 0.29) is 0 Å². The predicted octanol–water partition coefficient (Wildman–Crippen LogP) is 2.97. The third-order valence-electron chi connectivity index (χ3n) is 2.66. The monoisotopic (exact) mass is 201 g/mol. The number of likely N-dealkylation sites (N-methyl/N-ethyl adjacent to an activating group) is 1. The summed E-state index contributed by atoms with van der Waals surface area (Å²) in [5, 5.41) is 3.53. The molecule has 0 heterocycles. The van der Waals surface area contributed by atoms with Crippen molar-refractivity contribution in [3.63, 3.8) is 0 Å². The van der Waals surface area contributed by atoms with Gasteiger partial charge >= 0.3 is 0 Å². The summed E-state index contributed by atoms with van der Waals surface area (Å²) < 4.78 is 5.54. The Bertz CT molecular complexity index is 117. The maximum Gasteiger partial charge on any atom is 0.0724 e. The Morgan fingerprint density at radius 3 is 2.21 bits per heavy atom. The number of ether oxygens (including phenoxy) is 1. The van der Waals surface area contributed by atoms with Gasteiger partial charge in [-0.2, -0.15) is 0 Å². The lowest BCUT2D eigenvalue weighted by Gasteiger charge is -2.26. The number of unbranched alkanes of at least 4 members (excludes halogenated alkanes) is 1. The topological polar surface area (TPSA) is 21.3 Å². The molecular weight excluding hydrogens is 174 g/mol. The lowest BCUT2D eigenvalue weighted by atomic mass is 10.0. The van der Waals surface area contributed by atoms with Crippen LogP contribution in [-0.2, 0) is 4.74 Å². The normalized spacial score (nSPS) is 15.4. The largest absolute Gasteiger partial charge is 0.380 e. The zero-order valence-electron chi connectivity index (χ0n) is 10.3. The van der Waals surface area contributed by atoms with Crippen molar-refractivity contribution >= 4 is 0 Å². The van der Waals surface area contributed by atoms with E-state index in [9.17, 15) is 0 Å². The van der Waals surface area contributed by atoms with Crippen LogP contribution in [0.2, 0.25) is 0 Å². The summed E-state index contributed by atoms with van der Waals surface area (Å²) in [5.41, 5.74) is 0. The second-order valence-corrected chi connectivity index (χ2v) is 3.87. The molecular formula is C12H27NO. The molecule has 0 aromatic carbocycles. The summed E-state index contributed by atoms with van der Waals surface area (Å²) in [6.07, 6.45) is 6.56. The minimum absolute atomic E-state index is 0.395. The van der Waals surface area contributed by atoms with E-state index in [1.807, 2.05) is 7.11 Å². The minimum atomic E-state index is 0.395. The van der Waals surface area contributed by atoms with Crippen molar-refractivity contribution in [3.8, 4) is 0 Å². The fourth-order valence-corrected chi connectivity index (χ4v) is 1.87. The quantitative estimate of drug-likeness (QED) is 0.619. The molecule has 0 saturated carbocycles. The molecule has 2 atom stereocenters. The molecule has 0 aliphatic heterocycles. The molecule has 0 aliphatic rings. The van der Waals surface area contributed by atoms with Crippen LogP contribution in [0, 0.1) is 0 Å². The van der Waals surface area contributed by atoms with Crippen molar-refractivity contribution in [1.29, 1.82) is 0 Å². The highest BCUT2D eigenvalue weighted by Crippen LogP contribution is 2.12. The molecule has 0 aromatic heterocycles. The molecule has 0 rings (SSSR count). The van der Waals surface area contributed by atoms with Gasteiger partial charge in [-0.1, -0.05) is 40.0 Å². The second kappa shape index (κ2) is 9.47. The Morgan fingerprint density at radius 2 is 1.79 bits per heavy atom. The molecule has 0 saturated heterocycles. The molecule has 2 nitrogen and oxygen atoms in total. The Labute approximate surface area is 89.4 Å². The van der Waals surface area contributed by atoms with Crippen LogP contribution < -0.4 is 5.32 Å². The molecule has 0 aliphatic carbocycles. The fraction of sp³-hybridized carbons (Fsp3) is 1.00. The van der Waals surface area contributed by atoms with Crippen LogP contribution in [0.15, 0.2) is 0 Å². The number of hydrogen-bond acceptors (Lipinski definition) is 2. The first-order valence-electron chi connectivity index (χ1n) is 6.06. The average molecular weight is 201 g/mol. The number of nitrogens with one attached hydrogen (secondary N) is 1. The molecule has 2 unspecified atom stereocenters. The van der Waals surface area contributed by atoms with Gasteiger partial charge < -0.3 is 10.1 Å². The standard InChI is InChI=1S/C12H27NO/c1-5-8-10-11(13-7-3)12(14-4)9-6-2/h11-13H,5-10H2,1-4H3. The van der Waals surface area contributed by atoms with Crippen molar-refractivity contribution in [2.75, 3.05) is 13.7 Å². The highest BCUT2D eigenvalue weighted by molar-refractivity contribution is 4.76. The van der Waals surface area contributed by atoms with Crippen molar-refractivity contribution in [2.45, 2.75) is 65.0 Å². The fourth-order valence-electron chi connectivity index (χ4n) is 1.87. The first-order chi connectivity index (χ1) is 6.79. The van der Waals surface area contributed by atoms with E-state index >= 15 is 0 Å². The van der Waals surface area contributed by atoms with E-state index in [0.29, 0.717) is 12.1 Å². The van der Waals surface area contributed by atoms with Gasteiger partial charge in [0.15, 0.2) is 0 Å². The zero-order chi connectivity index (χ0) is 10.8. The van der Waals surface area contributed by atoms with Gasteiger partial charge in [0, 0.05) is 13.2 Å². The third kappa shape index (κ3) is 5.61. The van der Waals surface area contributed by atoms with Gasteiger partial charge in [0.25, 0.3) is 0 Å². The van der Waals surface area contributed by atoms with Crippen LogP contribution in [0.5, 0.6) is 0 Å².